The van der Waals surface area contributed by atoms with Gasteiger partial charge in [0.15, 0.2) is 0 Å². The smallest absolute Gasteiger partial charge is 0.139 e. The van der Waals surface area contributed by atoms with Gasteiger partial charge in [-0.25, -0.2) is 4.98 Å². The fraction of sp³-hybridized carbons (Fsp3) is 0.263. The first-order chi connectivity index (χ1) is 11.8. The summed E-state index contributed by atoms with van der Waals surface area (Å²) in [5.74, 6) is 0. The molecule has 3 aromatic rings. The number of aromatic nitrogens is 2. The van der Waals surface area contributed by atoms with Crippen LogP contribution in [0.4, 0.5) is 5.69 Å². The van der Waals surface area contributed by atoms with Crippen LogP contribution in [0.5, 0.6) is 0 Å². The number of pyridine rings is 1. The van der Waals surface area contributed by atoms with Gasteiger partial charge < -0.3 is 14.6 Å². The summed E-state index contributed by atoms with van der Waals surface area (Å²) >= 11 is 0. The zero-order chi connectivity index (χ0) is 16.5. The van der Waals surface area contributed by atoms with Crippen molar-refractivity contribution in [1.82, 2.24) is 9.97 Å². The molecule has 5 nitrogen and oxygen atoms in total. The van der Waals surface area contributed by atoms with Crippen LogP contribution in [-0.2, 0) is 4.74 Å². The zero-order valence-corrected chi connectivity index (χ0v) is 13.5. The van der Waals surface area contributed by atoms with E-state index in [0.717, 1.165) is 47.5 Å². The molecule has 1 atom stereocenters. The molecule has 0 aliphatic carbocycles. The molecule has 120 valence electrons. The van der Waals surface area contributed by atoms with Crippen molar-refractivity contribution in [2.24, 2.45) is 0 Å². The van der Waals surface area contributed by atoms with Crippen LogP contribution in [0.15, 0.2) is 42.7 Å². The second-order valence-electron chi connectivity index (χ2n) is 6.08. The Bertz CT molecular complexity index is 925. The number of rotatable bonds is 2. The average Bonchev–Trinajstić information content (AvgIpc) is 3.06. The summed E-state index contributed by atoms with van der Waals surface area (Å²) in [5.41, 5.74) is 4.78. The first-order valence-corrected chi connectivity index (χ1v) is 8.09. The van der Waals surface area contributed by atoms with Gasteiger partial charge >= 0.3 is 0 Å². The molecule has 3 heterocycles. The second-order valence-corrected chi connectivity index (χ2v) is 6.08. The summed E-state index contributed by atoms with van der Waals surface area (Å²) in [4.78, 5) is 10.1. The number of nitrogens with zero attached hydrogens (tertiary/aromatic N) is 3. The Kier molecular flexibility index (Phi) is 3.68. The van der Waals surface area contributed by atoms with E-state index in [2.05, 4.69) is 33.9 Å². The number of fused-ring (bicyclic) bond motifs is 1. The lowest BCUT2D eigenvalue weighted by atomic mass is 10.0. The van der Waals surface area contributed by atoms with Crippen molar-refractivity contribution in [2.45, 2.75) is 13.0 Å². The molecule has 1 aliphatic heterocycles. The van der Waals surface area contributed by atoms with Crippen molar-refractivity contribution >= 4 is 16.7 Å². The SMILES string of the molecule is CC1CN(c2ccnc3[nH]cc(-c4cccc(C#N)c4)c23)CCO1. The van der Waals surface area contributed by atoms with Crippen LogP contribution in [0.25, 0.3) is 22.2 Å². The number of hydrogen-bond donors (Lipinski definition) is 1. The Hall–Kier alpha value is -2.84. The summed E-state index contributed by atoms with van der Waals surface area (Å²) in [5, 5.41) is 10.3. The highest BCUT2D eigenvalue weighted by molar-refractivity contribution is 6.02. The standard InChI is InChI=1S/C19H18N4O/c1-13-12-23(7-8-24-13)17-5-6-21-19-18(17)16(11-22-19)15-4-2-3-14(9-15)10-20/h2-6,9,11,13H,7-8,12H2,1H3,(H,21,22). The molecule has 1 unspecified atom stereocenters. The van der Waals surface area contributed by atoms with Gasteiger partial charge in [0.1, 0.15) is 5.65 Å². The van der Waals surface area contributed by atoms with Crippen molar-refractivity contribution in [3.8, 4) is 17.2 Å². The van der Waals surface area contributed by atoms with E-state index in [1.165, 1.54) is 0 Å². The maximum atomic E-state index is 9.17. The van der Waals surface area contributed by atoms with Crippen molar-refractivity contribution in [1.29, 1.82) is 5.26 Å². The fourth-order valence-electron chi connectivity index (χ4n) is 3.32. The monoisotopic (exact) mass is 318 g/mol. The van der Waals surface area contributed by atoms with Gasteiger partial charge in [-0.15, -0.1) is 0 Å². The predicted molar refractivity (Wildman–Crippen MR) is 93.9 cm³/mol. The molecule has 0 amide bonds. The first-order valence-electron chi connectivity index (χ1n) is 8.09. The van der Waals surface area contributed by atoms with Gasteiger partial charge in [0.05, 0.1) is 30.0 Å². The quantitative estimate of drug-likeness (QED) is 0.787. The van der Waals surface area contributed by atoms with Gasteiger partial charge in [-0.3, -0.25) is 0 Å². The van der Waals surface area contributed by atoms with E-state index in [4.69, 9.17) is 10.00 Å². The number of morpholine rings is 1. The minimum Gasteiger partial charge on any atom is -0.375 e. The van der Waals surface area contributed by atoms with Crippen LogP contribution in [-0.4, -0.2) is 35.8 Å². The number of H-pyrrole nitrogens is 1. The number of nitriles is 1. The van der Waals surface area contributed by atoms with E-state index < -0.39 is 0 Å². The van der Waals surface area contributed by atoms with Crippen LogP contribution >= 0.6 is 0 Å². The number of nitrogens with one attached hydrogen (secondary N) is 1. The number of hydrogen-bond acceptors (Lipinski definition) is 4. The molecule has 2 aromatic heterocycles. The third kappa shape index (κ3) is 2.51. The lowest BCUT2D eigenvalue weighted by molar-refractivity contribution is 0.0533. The van der Waals surface area contributed by atoms with Crippen molar-refractivity contribution in [2.75, 3.05) is 24.6 Å². The molecule has 1 fully saturated rings. The lowest BCUT2D eigenvalue weighted by Gasteiger charge is -2.33. The van der Waals surface area contributed by atoms with E-state index in [-0.39, 0.29) is 6.10 Å². The summed E-state index contributed by atoms with van der Waals surface area (Å²) in [7, 11) is 0. The summed E-state index contributed by atoms with van der Waals surface area (Å²) in [6, 6.07) is 12.0. The third-order valence-corrected chi connectivity index (χ3v) is 4.44. The molecule has 5 heteroatoms. The minimum absolute atomic E-state index is 0.214. The Morgan fingerprint density at radius 2 is 2.29 bits per heavy atom. The van der Waals surface area contributed by atoms with E-state index in [1.807, 2.05) is 36.7 Å². The number of benzene rings is 1. The van der Waals surface area contributed by atoms with Crippen LogP contribution in [0.2, 0.25) is 0 Å². The van der Waals surface area contributed by atoms with E-state index in [0.29, 0.717) is 5.56 Å². The number of aromatic amines is 1. The predicted octanol–water partition coefficient (Wildman–Crippen LogP) is 3.33. The van der Waals surface area contributed by atoms with E-state index in [9.17, 15) is 0 Å². The van der Waals surface area contributed by atoms with Crippen LogP contribution in [0.1, 0.15) is 12.5 Å². The fourth-order valence-corrected chi connectivity index (χ4v) is 3.32. The van der Waals surface area contributed by atoms with Gasteiger partial charge in [0.2, 0.25) is 0 Å². The van der Waals surface area contributed by atoms with Crippen LogP contribution in [0, 0.1) is 11.3 Å². The lowest BCUT2D eigenvalue weighted by Crippen LogP contribution is -2.41. The van der Waals surface area contributed by atoms with Crippen molar-refractivity contribution < 1.29 is 4.74 Å². The first kappa shape index (κ1) is 14.7. The molecule has 0 saturated carbocycles. The van der Waals surface area contributed by atoms with Gasteiger partial charge in [0.25, 0.3) is 0 Å². The largest absolute Gasteiger partial charge is 0.375 e. The van der Waals surface area contributed by atoms with Gasteiger partial charge in [0, 0.05) is 36.4 Å². The number of ether oxygens (including phenoxy) is 1. The van der Waals surface area contributed by atoms with Gasteiger partial charge in [-0.1, -0.05) is 12.1 Å². The molecule has 0 bridgehead atoms. The highest BCUT2D eigenvalue weighted by Crippen LogP contribution is 2.35. The highest BCUT2D eigenvalue weighted by atomic mass is 16.5. The van der Waals surface area contributed by atoms with Gasteiger partial charge in [-0.2, -0.15) is 5.26 Å². The van der Waals surface area contributed by atoms with Crippen LogP contribution in [0.3, 0.4) is 0 Å². The number of anilines is 1. The molecule has 1 N–H and O–H groups in total. The molecule has 1 saturated heterocycles. The minimum atomic E-state index is 0.214. The maximum Gasteiger partial charge on any atom is 0.139 e. The molecule has 1 aliphatic rings. The van der Waals surface area contributed by atoms with Gasteiger partial charge in [-0.05, 0) is 30.7 Å². The highest BCUT2D eigenvalue weighted by Gasteiger charge is 2.21. The average molecular weight is 318 g/mol. The molecule has 24 heavy (non-hydrogen) atoms. The zero-order valence-electron chi connectivity index (χ0n) is 13.5. The molecule has 0 spiro atoms. The summed E-state index contributed by atoms with van der Waals surface area (Å²) in [6.45, 7) is 4.56. The van der Waals surface area contributed by atoms with Crippen molar-refractivity contribution in [3.63, 3.8) is 0 Å². The molecular formula is C19H18N4O. The van der Waals surface area contributed by atoms with Crippen LogP contribution < -0.4 is 4.90 Å². The maximum absolute atomic E-state index is 9.17. The second kappa shape index (κ2) is 5.99. The molecule has 4 rings (SSSR count). The molecule has 0 radical (unpaired) electrons. The van der Waals surface area contributed by atoms with E-state index in [1.54, 1.807) is 0 Å². The normalized spacial score (nSPS) is 17.8. The van der Waals surface area contributed by atoms with E-state index >= 15 is 0 Å². The Morgan fingerprint density at radius 3 is 3.12 bits per heavy atom. The molecule has 1 aromatic carbocycles. The van der Waals surface area contributed by atoms with Crippen molar-refractivity contribution in [3.05, 3.63) is 48.3 Å². The topological polar surface area (TPSA) is 64.9 Å². The summed E-state index contributed by atoms with van der Waals surface area (Å²) in [6.07, 6.45) is 4.02. The molecular weight excluding hydrogens is 300 g/mol. The Morgan fingerprint density at radius 1 is 1.38 bits per heavy atom. The third-order valence-electron chi connectivity index (χ3n) is 4.44. The summed E-state index contributed by atoms with van der Waals surface area (Å²) < 4.78 is 5.67. The Balaban J connectivity index is 1.87. The Labute approximate surface area is 140 Å².